The molecule has 1 aliphatic rings. The molecule has 0 atom stereocenters. The Balaban J connectivity index is 1.59. The van der Waals surface area contributed by atoms with Crippen LogP contribution < -0.4 is 10.2 Å². The summed E-state index contributed by atoms with van der Waals surface area (Å²) in [5, 5.41) is 2.61. The fourth-order valence-corrected chi connectivity index (χ4v) is 2.85. The van der Waals surface area contributed by atoms with Crippen molar-refractivity contribution in [3.63, 3.8) is 0 Å². The Bertz CT molecular complexity index is 737. The van der Waals surface area contributed by atoms with Crippen LogP contribution in [-0.4, -0.2) is 32.2 Å². The molecule has 3 rings (SSSR count). The molecule has 26 heavy (non-hydrogen) atoms. The molecule has 4 nitrogen and oxygen atoms in total. The number of quaternary nitrogens is 1. The first-order valence-electron chi connectivity index (χ1n) is 8.41. The van der Waals surface area contributed by atoms with E-state index in [-0.39, 0.29) is 5.91 Å². The molecule has 0 aromatic heterocycles. The molecule has 1 fully saturated rings. The van der Waals surface area contributed by atoms with E-state index in [0.29, 0.717) is 11.3 Å². The van der Waals surface area contributed by atoms with Gasteiger partial charge in [0.1, 0.15) is 19.6 Å². The largest absolute Gasteiger partial charge is 0.416 e. The second kappa shape index (κ2) is 7.88. The van der Waals surface area contributed by atoms with Gasteiger partial charge in [0, 0.05) is 16.8 Å². The maximum atomic E-state index is 12.6. The van der Waals surface area contributed by atoms with Crippen LogP contribution in [0.15, 0.2) is 48.5 Å². The van der Waals surface area contributed by atoms with Gasteiger partial charge < -0.3 is 15.0 Å². The van der Waals surface area contributed by atoms with Crippen LogP contribution in [0.4, 0.5) is 18.9 Å². The number of halogens is 3. The predicted molar refractivity (Wildman–Crippen MR) is 91.1 cm³/mol. The molecule has 0 bridgehead atoms. The van der Waals surface area contributed by atoms with Crippen molar-refractivity contribution in [2.45, 2.75) is 12.7 Å². The second-order valence-corrected chi connectivity index (χ2v) is 6.27. The van der Waals surface area contributed by atoms with Gasteiger partial charge in [0.2, 0.25) is 0 Å². The van der Waals surface area contributed by atoms with Gasteiger partial charge in [-0.25, -0.2) is 0 Å². The van der Waals surface area contributed by atoms with E-state index in [2.05, 4.69) is 5.32 Å². The maximum Gasteiger partial charge on any atom is 0.416 e. The molecule has 7 heteroatoms. The Morgan fingerprint density at radius 2 is 1.62 bits per heavy atom. The number of alkyl halides is 3. The van der Waals surface area contributed by atoms with E-state index >= 15 is 0 Å². The minimum absolute atomic E-state index is 0.324. The van der Waals surface area contributed by atoms with E-state index in [4.69, 9.17) is 4.74 Å². The van der Waals surface area contributed by atoms with Gasteiger partial charge in [0.25, 0.3) is 5.91 Å². The zero-order valence-electron chi connectivity index (χ0n) is 14.1. The molecule has 0 radical (unpaired) electrons. The van der Waals surface area contributed by atoms with Crippen molar-refractivity contribution in [1.29, 1.82) is 0 Å². The van der Waals surface area contributed by atoms with Gasteiger partial charge in [-0.15, -0.1) is 0 Å². The molecule has 1 heterocycles. The average molecular weight is 365 g/mol. The quantitative estimate of drug-likeness (QED) is 0.874. The summed E-state index contributed by atoms with van der Waals surface area (Å²) in [4.78, 5) is 13.7. The highest BCUT2D eigenvalue weighted by Gasteiger charge is 2.30. The first kappa shape index (κ1) is 18.4. The van der Waals surface area contributed by atoms with Crippen molar-refractivity contribution in [3.05, 3.63) is 65.2 Å². The first-order chi connectivity index (χ1) is 12.4. The molecule has 0 unspecified atom stereocenters. The molecule has 0 saturated carbocycles. The summed E-state index contributed by atoms with van der Waals surface area (Å²) >= 11 is 0. The lowest BCUT2D eigenvalue weighted by Gasteiger charge is -2.23. The van der Waals surface area contributed by atoms with Gasteiger partial charge >= 0.3 is 6.18 Å². The molecular weight excluding hydrogens is 345 g/mol. The zero-order valence-corrected chi connectivity index (χ0v) is 14.1. The van der Waals surface area contributed by atoms with Crippen LogP contribution in [0.5, 0.6) is 0 Å². The van der Waals surface area contributed by atoms with Gasteiger partial charge in [-0.05, 0) is 36.4 Å². The Morgan fingerprint density at radius 3 is 2.19 bits per heavy atom. The summed E-state index contributed by atoms with van der Waals surface area (Å²) in [5.41, 5.74) is 1.17. The predicted octanol–water partition coefficient (Wildman–Crippen LogP) is 2.37. The molecule has 1 saturated heterocycles. The Morgan fingerprint density at radius 1 is 1.00 bits per heavy atom. The van der Waals surface area contributed by atoms with Crippen LogP contribution in [0.1, 0.15) is 21.5 Å². The Kier molecular flexibility index (Phi) is 5.58. The van der Waals surface area contributed by atoms with Gasteiger partial charge in [0.15, 0.2) is 0 Å². The van der Waals surface area contributed by atoms with E-state index in [1.54, 1.807) is 12.1 Å². The number of amides is 1. The first-order valence-corrected chi connectivity index (χ1v) is 8.41. The van der Waals surface area contributed by atoms with Crippen LogP contribution >= 0.6 is 0 Å². The lowest BCUT2D eigenvalue weighted by Crippen LogP contribution is -3.12. The molecule has 2 aromatic carbocycles. The van der Waals surface area contributed by atoms with Crippen LogP contribution in [0, 0.1) is 0 Å². The molecule has 2 N–H and O–H groups in total. The minimum atomic E-state index is -4.39. The number of nitrogens with one attached hydrogen (secondary N) is 2. The van der Waals surface area contributed by atoms with Gasteiger partial charge in [-0.3, -0.25) is 4.79 Å². The van der Waals surface area contributed by atoms with Crippen molar-refractivity contribution in [2.24, 2.45) is 0 Å². The number of hydrogen-bond acceptors (Lipinski definition) is 2. The highest BCUT2D eigenvalue weighted by molar-refractivity contribution is 6.04. The van der Waals surface area contributed by atoms with E-state index < -0.39 is 11.7 Å². The highest BCUT2D eigenvalue weighted by Crippen LogP contribution is 2.29. The molecule has 0 aliphatic carbocycles. The molecular formula is C19H20F3N2O2+. The van der Waals surface area contributed by atoms with Crippen LogP contribution in [0.25, 0.3) is 0 Å². The van der Waals surface area contributed by atoms with Crippen LogP contribution in [-0.2, 0) is 17.5 Å². The molecule has 138 valence electrons. The maximum absolute atomic E-state index is 12.6. The van der Waals surface area contributed by atoms with E-state index in [1.165, 1.54) is 17.0 Å². The highest BCUT2D eigenvalue weighted by atomic mass is 19.4. The van der Waals surface area contributed by atoms with E-state index in [9.17, 15) is 18.0 Å². The fraction of sp³-hybridized carbons (Fsp3) is 0.316. The third-order valence-electron chi connectivity index (χ3n) is 4.34. The van der Waals surface area contributed by atoms with E-state index in [0.717, 1.165) is 50.5 Å². The monoisotopic (exact) mass is 365 g/mol. The topological polar surface area (TPSA) is 42.8 Å². The number of carbonyl (C=O) groups is 1. The summed E-state index contributed by atoms with van der Waals surface area (Å²) in [6.45, 7) is 4.35. The summed E-state index contributed by atoms with van der Waals surface area (Å²) < 4.78 is 43.0. The van der Waals surface area contributed by atoms with Crippen molar-refractivity contribution >= 4 is 11.6 Å². The van der Waals surface area contributed by atoms with Crippen LogP contribution in [0.2, 0.25) is 0 Å². The normalized spacial score (nSPS) is 15.7. The van der Waals surface area contributed by atoms with Gasteiger partial charge in [0.05, 0.1) is 18.8 Å². The lowest BCUT2D eigenvalue weighted by atomic mass is 10.1. The Labute approximate surface area is 149 Å². The average Bonchev–Trinajstić information content (AvgIpc) is 2.63. The number of ether oxygens (including phenoxy) is 1. The second-order valence-electron chi connectivity index (χ2n) is 6.27. The van der Waals surface area contributed by atoms with Crippen LogP contribution in [0.3, 0.4) is 0 Å². The molecule has 0 spiro atoms. The summed E-state index contributed by atoms with van der Waals surface area (Å²) in [6.07, 6.45) is -4.39. The third kappa shape index (κ3) is 4.83. The van der Waals surface area contributed by atoms with Crippen molar-refractivity contribution < 1.29 is 27.6 Å². The molecule has 2 aromatic rings. The standard InChI is InChI=1S/C19H19F3N2O2/c20-19(21,22)16-5-7-17(8-6-16)23-18(25)15-3-1-14(2-4-15)13-24-9-11-26-12-10-24/h1-8H,9-13H2,(H,23,25)/p+1. The summed E-state index contributed by atoms with van der Waals surface area (Å²) in [5.74, 6) is -0.352. The van der Waals surface area contributed by atoms with Crippen molar-refractivity contribution in [3.8, 4) is 0 Å². The third-order valence-corrected chi connectivity index (χ3v) is 4.34. The fourth-order valence-electron chi connectivity index (χ4n) is 2.85. The zero-order chi connectivity index (χ0) is 18.6. The number of benzene rings is 2. The number of anilines is 1. The minimum Gasteiger partial charge on any atom is -0.370 e. The number of carbonyl (C=O) groups excluding carboxylic acids is 1. The molecule has 1 aliphatic heterocycles. The SMILES string of the molecule is O=C(Nc1ccc(C(F)(F)F)cc1)c1ccc(C[NH+]2CCOCC2)cc1. The van der Waals surface area contributed by atoms with E-state index in [1.807, 2.05) is 12.1 Å². The lowest BCUT2D eigenvalue weighted by molar-refractivity contribution is -0.921. The van der Waals surface area contributed by atoms with Crippen molar-refractivity contribution in [1.82, 2.24) is 0 Å². The van der Waals surface area contributed by atoms with Crippen molar-refractivity contribution in [2.75, 3.05) is 31.6 Å². The van der Waals surface area contributed by atoms with Gasteiger partial charge in [-0.2, -0.15) is 13.2 Å². The smallest absolute Gasteiger partial charge is 0.370 e. The Hall–Kier alpha value is -2.38. The number of rotatable bonds is 4. The number of morpholine rings is 1. The molecule has 1 amide bonds. The number of hydrogen-bond donors (Lipinski definition) is 2. The summed E-state index contributed by atoms with van der Waals surface area (Å²) in [7, 11) is 0. The van der Waals surface area contributed by atoms with Gasteiger partial charge in [-0.1, -0.05) is 12.1 Å². The summed E-state index contributed by atoms with van der Waals surface area (Å²) in [6, 6.07) is 11.7.